The van der Waals surface area contributed by atoms with Crippen LogP contribution in [0.4, 0.5) is 0 Å². The molecule has 4 rings (SSSR count). The largest absolute Gasteiger partial charge is 0.334 e. The summed E-state index contributed by atoms with van der Waals surface area (Å²) in [5, 5.41) is 7.50. The molecule has 0 radical (unpaired) electrons. The van der Waals surface area contributed by atoms with Crippen LogP contribution in [-0.2, 0) is 22.3 Å². The Hall–Kier alpha value is -2.52. The predicted octanol–water partition coefficient (Wildman–Crippen LogP) is 2.28. The van der Waals surface area contributed by atoms with E-state index in [1.807, 2.05) is 16.8 Å². The van der Waals surface area contributed by atoms with Gasteiger partial charge in [-0.15, -0.1) is 0 Å². The number of benzene rings is 1. The van der Waals surface area contributed by atoms with E-state index in [0.29, 0.717) is 17.0 Å². The zero-order valence-electron chi connectivity index (χ0n) is 12.2. The number of hydrogen-bond donors (Lipinski definition) is 0. The number of aromatic nitrogens is 2. The molecule has 0 fully saturated rings. The minimum Gasteiger partial charge on any atom is -0.334 e. The Balaban J connectivity index is 1.66. The van der Waals surface area contributed by atoms with Crippen LogP contribution in [0.15, 0.2) is 45.6 Å². The molecule has 0 atom stereocenters. The summed E-state index contributed by atoms with van der Waals surface area (Å²) in [5.74, 6) is -0.343. The van der Waals surface area contributed by atoms with E-state index < -0.39 is 15.9 Å². The average Bonchev–Trinajstić information content (AvgIpc) is 3.22. The number of amides is 1. The van der Waals surface area contributed by atoms with Gasteiger partial charge in [-0.05, 0) is 23.1 Å². The minimum absolute atomic E-state index is 0.146. The lowest BCUT2D eigenvalue weighted by Crippen LogP contribution is -2.41. The predicted molar refractivity (Wildman–Crippen MR) is 86.6 cm³/mol. The third-order valence-electron chi connectivity index (χ3n) is 3.67. The molecule has 1 aliphatic heterocycles. The number of hydrogen-bond acceptors (Lipinski definition) is 7. The summed E-state index contributed by atoms with van der Waals surface area (Å²) >= 11 is 1.48. The molecule has 3 heterocycles. The molecule has 2 aromatic heterocycles. The summed E-state index contributed by atoms with van der Waals surface area (Å²) < 4.78 is 30.8. The van der Waals surface area contributed by atoms with Crippen LogP contribution >= 0.6 is 11.3 Å². The summed E-state index contributed by atoms with van der Waals surface area (Å²) in [6.07, 6.45) is 0. The molecule has 24 heavy (non-hydrogen) atoms. The second-order valence-corrected chi connectivity index (χ2v) is 7.93. The molecule has 122 valence electrons. The Morgan fingerprint density at radius 3 is 2.88 bits per heavy atom. The van der Waals surface area contributed by atoms with Crippen molar-refractivity contribution < 1.29 is 17.7 Å². The molecular formula is C15H11N3O4S2. The molecule has 0 spiro atoms. The summed E-state index contributed by atoms with van der Waals surface area (Å²) in [6, 6.07) is 8.50. The van der Waals surface area contributed by atoms with Gasteiger partial charge in [-0.1, -0.05) is 23.4 Å². The standard InChI is InChI=1S/C15H11N3O4S2/c19-15-12-4-2-1-3-11(12)9-24(20,21)18(15)7-13-16-14(22-17-13)10-5-6-23-8-10/h1-6,8H,7,9H2. The molecule has 0 saturated heterocycles. The van der Waals surface area contributed by atoms with Crippen molar-refractivity contribution in [2.45, 2.75) is 12.3 Å². The molecule has 3 aromatic rings. The van der Waals surface area contributed by atoms with Crippen LogP contribution in [0.5, 0.6) is 0 Å². The van der Waals surface area contributed by atoms with Crippen molar-refractivity contribution in [1.29, 1.82) is 0 Å². The van der Waals surface area contributed by atoms with Crippen molar-refractivity contribution in [2.75, 3.05) is 0 Å². The van der Waals surface area contributed by atoms with Crippen molar-refractivity contribution in [3.63, 3.8) is 0 Å². The smallest absolute Gasteiger partial charge is 0.268 e. The Morgan fingerprint density at radius 1 is 1.25 bits per heavy atom. The highest BCUT2D eigenvalue weighted by molar-refractivity contribution is 7.89. The first kappa shape index (κ1) is 15.0. The van der Waals surface area contributed by atoms with E-state index in [-0.39, 0.29) is 18.1 Å². The van der Waals surface area contributed by atoms with Gasteiger partial charge >= 0.3 is 0 Å². The van der Waals surface area contributed by atoms with Crippen LogP contribution in [0.3, 0.4) is 0 Å². The number of thiophene rings is 1. The fourth-order valence-corrected chi connectivity index (χ4v) is 4.60. The van der Waals surface area contributed by atoms with Crippen molar-refractivity contribution in [1.82, 2.24) is 14.4 Å². The maximum absolute atomic E-state index is 12.5. The fraction of sp³-hybridized carbons (Fsp3) is 0.133. The molecule has 0 saturated carbocycles. The van der Waals surface area contributed by atoms with E-state index >= 15 is 0 Å². The van der Waals surface area contributed by atoms with E-state index in [2.05, 4.69) is 10.1 Å². The number of sulfonamides is 1. The van der Waals surface area contributed by atoms with Crippen LogP contribution in [-0.4, -0.2) is 28.8 Å². The molecule has 0 N–H and O–H groups in total. The zero-order valence-corrected chi connectivity index (χ0v) is 13.9. The monoisotopic (exact) mass is 361 g/mol. The molecule has 1 aliphatic rings. The Labute approximate surface area is 141 Å². The highest BCUT2D eigenvalue weighted by atomic mass is 32.2. The fourth-order valence-electron chi connectivity index (χ4n) is 2.51. The number of rotatable bonds is 3. The summed E-state index contributed by atoms with van der Waals surface area (Å²) in [7, 11) is -3.76. The van der Waals surface area contributed by atoms with Gasteiger partial charge in [0, 0.05) is 10.9 Å². The number of fused-ring (bicyclic) bond motifs is 1. The van der Waals surface area contributed by atoms with Gasteiger partial charge in [0.15, 0.2) is 5.82 Å². The minimum atomic E-state index is -3.76. The lowest BCUT2D eigenvalue weighted by Gasteiger charge is -2.26. The first-order valence-electron chi connectivity index (χ1n) is 7.02. The summed E-state index contributed by atoms with van der Waals surface area (Å²) in [4.78, 5) is 16.7. The number of carbonyl (C=O) groups is 1. The highest BCUT2D eigenvalue weighted by Crippen LogP contribution is 2.26. The Bertz CT molecular complexity index is 1010. The lowest BCUT2D eigenvalue weighted by molar-refractivity contribution is 0.0846. The van der Waals surface area contributed by atoms with Gasteiger partial charge in [-0.3, -0.25) is 4.79 Å². The number of nitrogens with zero attached hydrogens (tertiary/aromatic N) is 3. The van der Waals surface area contributed by atoms with Gasteiger partial charge in [0.05, 0.1) is 11.3 Å². The molecule has 0 unspecified atom stereocenters. The van der Waals surface area contributed by atoms with E-state index in [1.165, 1.54) is 11.3 Å². The van der Waals surface area contributed by atoms with Crippen molar-refractivity contribution in [3.05, 3.63) is 58.0 Å². The van der Waals surface area contributed by atoms with Crippen molar-refractivity contribution in [3.8, 4) is 11.5 Å². The molecule has 7 nitrogen and oxygen atoms in total. The Kier molecular flexibility index (Phi) is 3.47. The molecule has 0 aliphatic carbocycles. The zero-order chi connectivity index (χ0) is 16.7. The van der Waals surface area contributed by atoms with Gasteiger partial charge < -0.3 is 4.52 Å². The van der Waals surface area contributed by atoms with E-state index in [9.17, 15) is 13.2 Å². The SMILES string of the molecule is O=C1c2ccccc2CS(=O)(=O)N1Cc1noc(-c2ccsc2)n1. The maximum Gasteiger partial charge on any atom is 0.268 e. The Morgan fingerprint density at radius 2 is 2.08 bits per heavy atom. The second kappa shape index (κ2) is 5.53. The highest BCUT2D eigenvalue weighted by Gasteiger charge is 2.36. The first-order valence-corrected chi connectivity index (χ1v) is 9.57. The normalized spacial score (nSPS) is 16.2. The van der Waals surface area contributed by atoms with Gasteiger partial charge in [-0.2, -0.15) is 16.3 Å². The van der Waals surface area contributed by atoms with Crippen molar-refractivity contribution in [2.24, 2.45) is 0 Å². The average molecular weight is 361 g/mol. The van der Waals surface area contributed by atoms with Gasteiger partial charge in [-0.25, -0.2) is 12.7 Å². The van der Waals surface area contributed by atoms with Gasteiger partial charge in [0.1, 0.15) is 6.54 Å². The van der Waals surface area contributed by atoms with Crippen molar-refractivity contribution >= 4 is 27.3 Å². The lowest BCUT2D eigenvalue weighted by atomic mass is 10.1. The molecule has 1 amide bonds. The quantitative estimate of drug-likeness (QED) is 0.710. The van der Waals surface area contributed by atoms with E-state index in [4.69, 9.17) is 4.52 Å². The van der Waals surface area contributed by atoms with Crippen LogP contribution < -0.4 is 0 Å². The maximum atomic E-state index is 12.5. The summed E-state index contributed by atoms with van der Waals surface area (Å²) in [6.45, 7) is -0.247. The van der Waals surface area contributed by atoms with Gasteiger partial charge in [0.25, 0.3) is 11.8 Å². The third kappa shape index (κ3) is 2.51. The topological polar surface area (TPSA) is 93.4 Å². The number of carbonyl (C=O) groups excluding carboxylic acids is 1. The molecule has 9 heteroatoms. The molecule has 1 aromatic carbocycles. The van der Waals surface area contributed by atoms with Crippen LogP contribution in [0.2, 0.25) is 0 Å². The van der Waals surface area contributed by atoms with Crippen LogP contribution in [0.25, 0.3) is 11.5 Å². The van der Waals surface area contributed by atoms with Crippen LogP contribution in [0.1, 0.15) is 21.7 Å². The molecule has 0 bridgehead atoms. The molecular weight excluding hydrogens is 350 g/mol. The third-order valence-corrected chi connectivity index (χ3v) is 5.99. The van der Waals surface area contributed by atoms with E-state index in [1.54, 1.807) is 24.3 Å². The second-order valence-electron chi connectivity index (χ2n) is 5.25. The van der Waals surface area contributed by atoms with Crippen LogP contribution in [0, 0.1) is 0 Å². The summed E-state index contributed by atoms with van der Waals surface area (Å²) in [5.41, 5.74) is 1.65. The first-order chi connectivity index (χ1) is 11.5. The van der Waals surface area contributed by atoms with E-state index in [0.717, 1.165) is 9.87 Å². The van der Waals surface area contributed by atoms with Gasteiger partial charge in [0.2, 0.25) is 10.0 Å².